The van der Waals surface area contributed by atoms with Gasteiger partial charge < -0.3 is 4.90 Å². The van der Waals surface area contributed by atoms with Crippen molar-refractivity contribution in [2.45, 2.75) is 13.0 Å². The molecule has 1 unspecified atom stereocenters. The minimum Gasteiger partial charge on any atom is -0.354 e. The van der Waals surface area contributed by atoms with Crippen LogP contribution in [0.25, 0.3) is 0 Å². The van der Waals surface area contributed by atoms with E-state index in [1.54, 1.807) is 23.7 Å². The Morgan fingerprint density at radius 3 is 2.93 bits per heavy atom. The number of rotatable bonds is 4. The van der Waals surface area contributed by atoms with Crippen LogP contribution in [0.3, 0.4) is 0 Å². The molecule has 0 saturated heterocycles. The van der Waals surface area contributed by atoms with Crippen molar-refractivity contribution in [2.24, 2.45) is 0 Å². The summed E-state index contributed by atoms with van der Waals surface area (Å²) in [6.45, 7) is 2.01. The predicted octanol–water partition coefficient (Wildman–Crippen LogP) is 2.46. The first-order valence-electron chi connectivity index (χ1n) is 4.46. The Kier molecular flexibility index (Phi) is 4.60. The van der Waals surface area contributed by atoms with Crippen LogP contribution in [0.4, 0.5) is 10.2 Å². The van der Waals surface area contributed by atoms with Crippen LogP contribution in [-0.4, -0.2) is 35.1 Å². The second kappa shape index (κ2) is 5.51. The maximum Gasteiger partial charge on any atom is 0.224 e. The molecule has 6 heteroatoms. The van der Waals surface area contributed by atoms with E-state index in [4.69, 9.17) is 11.6 Å². The van der Waals surface area contributed by atoms with Crippen molar-refractivity contribution in [3.05, 3.63) is 17.3 Å². The lowest BCUT2D eigenvalue weighted by molar-refractivity contribution is 0.598. The summed E-state index contributed by atoms with van der Waals surface area (Å²) in [7, 11) is 1.79. The van der Waals surface area contributed by atoms with Crippen LogP contribution >= 0.6 is 23.4 Å². The molecule has 0 aliphatic heterocycles. The normalized spacial score (nSPS) is 12.6. The van der Waals surface area contributed by atoms with Gasteiger partial charge in [-0.1, -0.05) is 0 Å². The molecule has 0 radical (unpaired) electrons. The number of thioether (sulfide) groups is 1. The molecular weight excluding hydrogens is 237 g/mol. The molecule has 0 spiro atoms. The van der Waals surface area contributed by atoms with E-state index in [1.807, 2.05) is 13.2 Å². The number of hydrogen-bond donors (Lipinski definition) is 0. The number of hydrogen-bond acceptors (Lipinski definition) is 4. The van der Waals surface area contributed by atoms with Gasteiger partial charge in [-0.05, 0) is 24.8 Å². The van der Waals surface area contributed by atoms with Gasteiger partial charge in [-0.2, -0.15) is 16.7 Å². The molecule has 0 aliphatic carbocycles. The Morgan fingerprint density at radius 1 is 1.67 bits per heavy atom. The van der Waals surface area contributed by atoms with E-state index in [2.05, 4.69) is 9.97 Å². The fraction of sp³-hybridized carbons (Fsp3) is 0.556. The zero-order chi connectivity index (χ0) is 11.4. The highest BCUT2D eigenvalue weighted by molar-refractivity contribution is 7.98. The highest BCUT2D eigenvalue weighted by Gasteiger charge is 2.15. The molecule has 0 amide bonds. The van der Waals surface area contributed by atoms with Crippen LogP contribution in [0.2, 0.25) is 5.28 Å². The maximum atomic E-state index is 13.4. The smallest absolute Gasteiger partial charge is 0.224 e. The molecule has 0 fully saturated rings. The molecule has 1 rings (SSSR count). The van der Waals surface area contributed by atoms with Gasteiger partial charge >= 0.3 is 0 Å². The monoisotopic (exact) mass is 249 g/mol. The van der Waals surface area contributed by atoms with Crippen molar-refractivity contribution in [1.82, 2.24) is 9.97 Å². The predicted molar refractivity (Wildman–Crippen MR) is 63.2 cm³/mol. The average molecular weight is 250 g/mol. The topological polar surface area (TPSA) is 29.0 Å². The largest absolute Gasteiger partial charge is 0.354 e. The molecule has 84 valence electrons. The van der Waals surface area contributed by atoms with Crippen molar-refractivity contribution < 1.29 is 4.39 Å². The van der Waals surface area contributed by atoms with Crippen LogP contribution < -0.4 is 4.90 Å². The van der Waals surface area contributed by atoms with Gasteiger partial charge in [0, 0.05) is 18.8 Å². The van der Waals surface area contributed by atoms with Gasteiger partial charge in [0.25, 0.3) is 0 Å². The van der Waals surface area contributed by atoms with E-state index < -0.39 is 5.82 Å². The van der Waals surface area contributed by atoms with E-state index in [9.17, 15) is 4.39 Å². The van der Waals surface area contributed by atoms with Crippen LogP contribution in [0.15, 0.2) is 6.20 Å². The molecule has 15 heavy (non-hydrogen) atoms. The lowest BCUT2D eigenvalue weighted by Gasteiger charge is -2.25. The molecule has 1 aromatic heterocycles. The highest BCUT2D eigenvalue weighted by atomic mass is 35.5. The summed E-state index contributed by atoms with van der Waals surface area (Å²) in [6.07, 6.45) is 3.10. The highest BCUT2D eigenvalue weighted by Crippen LogP contribution is 2.19. The van der Waals surface area contributed by atoms with E-state index in [0.29, 0.717) is 0 Å². The quantitative estimate of drug-likeness (QED) is 0.767. The van der Waals surface area contributed by atoms with Gasteiger partial charge in [-0.25, -0.2) is 9.37 Å². The molecule has 0 saturated carbocycles. The van der Waals surface area contributed by atoms with Gasteiger partial charge in [0.1, 0.15) is 0 Å². The third-order valence-electron chi connectivity index (χ3n) is 2.10. The molecule has 1 aromatic rings. The molecule has 1 atom stereocenters. The Labute approximate surface area is 98.0 Å². The van der Waals surface area contributed by atoms with Gasteiger partial charge in [0.05, 0.1) is 6.20 Å². The Bertz CT molecular complexity index is 337. The lowest BCUT2D eigenvalue weighted by Crippen LogP contribution is -2.32. The molecule has 0 aliphatic rings. The third kappa shape index (κ3) is 3.21. The minimum absolute atomic E-state index is 0.0644. The molecule has 0 aromatic carbocycles. The standard InChI is InChI=1S/C9H13ClFN3S/c1-6(5-15-3)14(2)8-7(11)4-12-9(10)13-8/h4,6H,5H2,1-3H3. The van der Waals surface area contributed by atoms with Crippen molar-refractivity contribution in [1.29, 1.82) is 0 Å². The van der Waals surface area contributed by atoms with E-state index in [0.717, 1.165) is 11.9 Å². The fourth-order valence-electron chi connectivity index (χ4n) is 1.15. The number of nitrogens with zero attached hydrogens (tertiary/aromatic N) is 3. The average Bonchev–Trinajstić information content (AvgIpc) is 2.21. The lowest BCUT2D eigenvalue weighted by atomic mass is 10.3. The second-order valence-electron chi connectivity index (χ2n) is 3.23. The Hall–Kier alpha value is -0.550. The fourth-order valence-corrected chi connectivity index (χ4v) is 1.98. The van der Waals surface area contributed by atoms with Gasteiger partial charge in [-0.15, -0.1) is 0 Å². The maximum absolute atomic E-state index is 13.4. The zero-order valence-electron chi connectivity index (χ0n) is 8.87. The van der Waals surface area contributed by atoms with Crippen LogP contribution in [0.5, 0.6) is 0 Å². The Morgan fingerprint density at radius 2 is 2.33 bits per heavy atom. The number of anilines is 1. The summed E-state index contributed by atoms with van der Waals surface area (Å²) in [5, 5.41) is 0.0644. The summed E-state index contributed by atoms with van der Waals surface area (Å²) in [5.41, 5.74) is 0. The molecule has 1 heterocycles. The van der Waals surface area contributed by atoms with Gasteiger partial charge in [-0.3, -0.25) is 0 Å². The third-order valence-corrected chi connectivity index (χ3v) is 3.10. The first-order chi connectivity index (χ1) is 7.06. The minimum atomic E-state index is -0.449. The summed E-state index contributed by atoms with van der Waals surface area (Å²) in [4.78, 5) is 9.21. The zero-order valence-corrected chi connectivity index (χ0v) is 10.4. The van der Waals surface area contributed by atoms with Crippen molar-refractivity contribution >= 4 is 29.2 Å². The first kappa shape index (κ1) is 12.5. The van der Waals surface area contributed by atoms with Crippen molar-refractivity contribution in [3.63, 3.8) is 0 Å². The van der Waals surface area contributed by atoms with Gasteiger partial charge in [0.15, 0.2) is 11.6 Å². The summed E-state index contributed by atoms with van der Waals surface area (Å²) in [5.74, 6) is 0.698. The molecule has 3 nitrogen and oxygen atoms in total. The molecular formula is C9H13ClFN3S. The summed E-state index contributed by atoms with van der Waals surface area (Å²) < 4.78 is 13.4. The summed E-state index contributed by atoms with van der Waals surface area (Å²) in [6, 6.07) is 0.195. The second-order valence-corrected chi connectivity index (χ2v) is 4.47. The Balaban J connectivity index is 2.89. The van der Waals surface area contributed by atoms with Crippen LogP contribution in [0.1, 0.15) is 6.92 Å². The van der Waals surface area contributed by atoms with E-state index >= 15 is 0 Å². The van der Waals surface area contributed by atoms with Gasteiger partial charge in [0.2, 0.25) is 5.28 Å². The first-order valence-corrected chi connectivity index (χ1v) is 6.23. The van der Waals surface area contributed by atoms with Crippen LogP contribution in [0, 0.1) is 5.82 Å². The molecule has 0 N–H and O–H groups in total. The number of aromatic nitrogens is 2. The summed E-state index contributed by atoms with van der Waals surface area (Å²) >= 11 is 7.32. The molecule has 0 bridgehead atoms. The van der Waals surface area contributed by atoms with Crippen molar-refractivity contribution in [2.75, 3.05) is 24.0 Å². The van der Waals surface area contributed by atoms with E-state index in [-0.39, 0.29) is 17.1 Å². The number of halogens is 2. The van der Waals surface area contributed by atoms with E-state index in [1.165, 1.54) is 0 Å². The SMILES string of the molecule is CSCC(C)N(C)c1nc(Cl)ncc1F. The van der Waals surface area contributed by atoms with Crippen LogP contribution in [-0.2, 0) is 0 Å². The van der Waals surface area contributed by atoms with Crippen molar-refractivity contribution in [3.8, 4) is 0 Å².